The topological polar surface area (TPSA) is 104 Å². The van der Waals surface area contributed by atoms with Gasteiger partial charge in [0.2, 0.25) is 5.75 Å². The Morgan fingerprint density at radius 1 is 1.00 bits per heavy atom. The van der Waals surface area contributed by atoms with Crippen molar-refractivity contribution in [2.24, 2.45) is 5.92 Å². The number of hydrogen-bond donors (Lipinski definition) is 1. The number of hydrogen-bond acceptors (Lipinski definition) is 7. The summed E-state index contributed by atoms with van der Waals surface area (Å²) < 4.78 is 29.8. The van der Waals surface area contributed by atoms with Gasteiger partial charge in [0.05, 0.1) is 13.0 Å². The van der Waals surface area contributed by atoms with E-state index in [4.69, 9.17) is 14.2 Å². The number of halogens is 1. The Kier molecular flexibility index (Phi) is 9.33. The zero-order chi connectivity index (χ0) is 26.4. The minimum absolute atomic E-state index is 0.129. The number of pyridine rings is 1. The van der Waals surface area contributed by atoms with Crippen LogP contribution in [0, 0.1) is 25.6 Å². The second kappa shape index (κ2) is 11.8. The predicted molar refractivity (Wildman–Crippen MR) is 128 cm³/mol. The van der Waals surface area contributed by atoms with Crippen LogP contribution in [0.5, 0.6) is 11.5 Å². The van der Waals surface area contributed by atoms with Crippen molar-refractivity contribution in [3.63, 3.8) is 0 Å². The normalized spacial score (nSPS) is 13.5. The smallest absolute Gasteiger partial charge is 0.328 e. The number of ether oxygens (including phenoxy) is 3. The zero-order valence-electron chi connectivity index (χ0n) is 21.4. The molecule has 1 aromatic heterocycles. The molecule has 0 aliphatic carbocycles. The van der Waals surface area contributed by atoms with Crippen LogP contribution in [0.4, 0.5) is 4.39 Å². The molecule has 0 bridgehead atoms. The van der Waals surface area contributed by atoms with Crippen molar-refractivity contribution in [2.75, 3.05) is 7.11 Å². The maximum absolute atomic E-state index is 13.7. The minimum atomic E-state index is -1.02. The van der Waals surface area contributed by atoms with E-state index in [0.717, 1.165) is 16.7 Å². The van der Waals surface area contributed by atoms with E-state index in [1.165, 1.54) is 38.4 Å². The number of rotatable bonds is 9. The second-order valence-electron chi connectivity index (χ2n) is 8.85. The molecule has 1 aromatic carbocycles. The van der Waals surface area contributed by atoms with Crippen LogP contribution in [-0.2, 0) is 14.3 Å². The van der Waals surface area contributed by atoms with E-state index in [1.807, 2.05) is 20.8 Å². The van der Waals surface area contributed by atoms with Crippen molar-refractivity contribution in [3.05, 3.63) is 52.6 Å². The van der Waals surface area contributed by atoms with Crippen LogP contribution in [0.25, 0.3) is 0 Å². The third-order valence-corrected chi connectivity index (χ3v) is 5.70. The van der Waals surface area contributed by atoms with Crippen LogP contribution in [0.15, 0.2) is 24.4 Å². The summed E-state index contributed by atoms with van der Waals surface area (Å²) in [7, 11) is 1.37. The summed E-state index contributed by atoms with van der Waals surface area (Å²) in [5.41, 5.74) is 2.25. The van der Waals surface area contributed by atoms with Crippen LogP contribution in [-0.4, -0.2) is 42.1 Å². The third-order valence-electron chi connectivity index (χ3n) is 5.70. The molecule has 0 spiro atoms. The van der Waals surface area contributed by atoms with Gasteiger partial charge in [0, 0.05) is 18.2 Å². The number of amides is 1. The first-order chi connectivity index (χ1) is 16.4. The fourth-order valence-corrected chi connectivity index (χ4v) is 3.66. The van der Waals surface area contributed by atoms with Gasteiger partial charge in [0.25, 0.3) is 5.91 Å². The van der Waals surface area contributed by atoms with Gasteiger partial charge in [-0.05, 0) is 56.5 Å². The molecule has 190 valence electrons. The van der Waals surface area contributed by atoms with Crippen LogP contribution >= 0.6 is 0 Å². The number of carbonyl (C=O) groups excluding carboxylic acids is 3. The van der Waals surface area contributed by atoms with Gasteiger partial charge >= 0.3 is 11.9 Å². The van der Waals surface area contributed by atoms with Crippen molar-refractivity contribution < 1.29 is 33.0 Å². The average molecular weight is 489 g/mol. The van der Waals surface area contributed by atoms with Gasteiger partial charge in [0.15, 0.2) is 11.4 Å². The predicted octanol–water partition coefficient (Wildman–Crippen LogP) is 4.26. The number of nitrogens with one attached hydrogen (secondary N) is 1. The first-order valence-electron chi connectivity index (χ1n) is 11.4. The van der Waals surface area contributed by atoms with Crippen LogP contribution < -0.4 is 14.8 Å². The van der Waals surface area contributed by atoms with Crippen molar-refractivity contribution >= 4 is 17.8 Å². The Balaban J connectivity index is 2.14. The van der Waals surface area contributed by atoms with Gasteiger partial charge in [0.1, 0.15) is 18.0 Å². The summed E-state index contributed by atoms with van der Waals surface area (Å²) in [5.74, 6) is -2.89. The van der Waals surface area contributed by atoms with Gasteiger partial charge in [-0.2, -0.15) is 0 Å². The van der Waals surface area contributed by atoms with E-state index in [2.05, 4.69) is 10.3 Å². The average Bonchev–Trinajstić information content (AvgIpc) is 2.77. The third kappa shape index (κ3) is 6.77. The maximum Gasteiger partial charge on any atom is 0.328 e. The molecule has 0 aliphatic rings. The number of methoxy groups -OCH3 is 1. The molecule has 2 aromatic rings. The minimum Gasteiger partial charge on any atom is -0.493 e. The number of esters is 2. The Morgan fingerprint density at radius 3 is 2.14 bits per heavy atom. The summed E-state index contributed by atoms with van der Waals surface area (Å²) >= 11 is 0. The number of carbonyl (C=O) groups is 3. The highest BCUT2D eigenvalue weighted by Gasteiger charge is 2.28. The molecule has 0 aliphatic heterocycles. The monoisotopic (exact) mass is 488 g/mol. The van der Waals surface area contributed by atoms with Crippen molar-refractivity contribution in [3.8, 4) is 11.5 Å². The molecule has 0 radical (unpaired) electrons. The maximum atomic E-state index is 13.7. The number of aromatic nitrogens is 1. The van der Waals surface area contributed by atoms with E-state index in [1.54, 1.807) is 20.8 Å². The lowest BCUT2D eigenvalue weighted by Crippen LogP contribution is -2.41. The lowest BCUT2D eigenvalue weighted by Gasteiger charge is -2.25. The summed E-state index contributed by atoms with van der Waals surface area (Å²) in [5, 5.41) is 2.53. The number of aryl methyl sites for hydroxylation is 2. The van der Waals surface area contributed by atoms with Crippen LogP contribution in [0.1, 0.15) is 67.7 Å². The molecule has 9 heteroatoms. The van der Waals surface area contributed by atoms with Gasteiger partial charge in [-0.1, -0.05) is 20.8 Å². The highest BCUT2D eigenvalue weighted by molar-refractivity contribution is 5.98. The van der Waals surface area contributed by atoms with E-state index in [-0.39, 0.29) is 28.9 Å². The molecular weight excluding hydrogens is 455 g/mol. The quantitative estimate of drug-likeness (QED) is 0.526. The molecule has 1 amide bonds. The molecular formula is C26H33FN2O6. The molecule has 0 fully saturated rings. The molecule has 0 saturated heterocycles. The Bertz CT molecular complexity index is 1080. The van der Waals surface area contributed by atoms with Crippen molar-refractivity contribution in [2.45, 2.75) is 66.5 Å². The standard InChI is InChI=1S/C26H33FN2O6/c1-13(2)25(31)35-23-20(33-8)9-10-28-22(23)24(30)29-17(6)26(32)34-18(7)16(5)21-14(3)11-19(27)12-15(21)4/h9-13,16-18H,1-8H3,(H,29,30)/t16-,17+,18+/m1/s1. The Morgan fingerprint density at radius 2 is 1.60 bits per heavy atom. The van der Waals surface area contributed by atoms with Crippen LogP contribution in [0.2, 0.25) is 0 Å². The van der Waals surface area contributed by atoms with Gasteiger partial charge in [-0.15, -0.1) is 0 Å². The number of nitrogens with zero attached hydrogens (tertiary/aromatic N) is 1. The summed E-state index contributed by atoms with van der Waals surface area (Å²) in [6.07, 6.45) is 0.794. The summed E-state index contributed by atoms with van der Waals surface area (Å²) in [4.78, 5) is 41.8. The van der Waals surface area contributed by atoms with Crippen LogP contribution in [0.3, 0.4) is 0 Å². The highest BCUT2D eigenvalue weighted by Crippen LogP contribution is 2.31. The molecule has 3 atom stereocenters. The zero-order valence-corrected chi connectivity index (χ0v) is 21.4. The van der Waals surface area contributed by atoms with Gasteiger partial charge in [-0.25, -0.2) is 14.2 Å². The highest BCUT2D eigenvalue weighted by atomic mass is 19.1. The molecule has 0 saturated carbocycles. The summed E-state index contributed by atoms with van der Waals surface area (Å²) in [6.45, 7) is 12.0. The SMILES string of the molecule is COc1ccnc(C(=O)N[C@@H](C)C(=O)O[C@@H](C)[C@@H](C)c2c(C)cc(F)cc2C)c1OC(=O)C(C)C. The molecule has 35 heavy (non-hydrogen) atoms. The molecule has 8 nitrogen and oxygen atoms in total. The van der Waals surface area contributed by atoms with E-state index < -0.39 is 35.9 Å². The fraction of sp³-hybridized carbons (Fsp3) is 0.462. The summed E-state index contributed by atoms with van der Waals surface area (Å²) in [6, 6.07) is 3.33. The molecule has 1 heterocycles. The number of benzene rings is 1. The first-order valence-corrected chi connectivity index (χ1v) is 11.4. The lowest BCUT2D eigenvalue weighted by atomic mass is 9.88. The van der Waals surface area contributed by atoms with E-state index in [9.17, 15) is 18.8 Å². The fourth-order valence-electron chi connectivity index (χ4n) is 3.66. The molecule has 0 unspecified atom stereocenters. The van der Waals surface area contributed by atoms with E-state index in [0.29, 0.717) is 0 Å². The largest absolute Gasteiger partial charge is 0.493 e. The lowest BCUT2D eigenvalue weighted by molar-refractivity contribution is -0.151. The Labute approximate surface area is 205 Å². The van der Waals surface area contributed by atoms with Crippen molar-refractivity contribution in [1.29, 1.82) is 0 Å². The Hall–Kier alpha value is -3.49. The van der Waals surface area contributed by atoms with Gasteiger partial charge < -0.3 is 19.5 Å². The van der Waals surface area contributed by atoms with Crippen molar-refractivity contribution in [1.82, 2.24) is 10.3 Å². The molecule has 1 N–H and O–H groups in total. The second-order valence-corrected chi connectivity index (χ2v) is 8.85. The van der Waals surface area contributed by atoms with E-state index >= 15 is 0 Å². The first kappa shape index (κ1) is 27.8. The van der Waals surface area contributed by atoms with Gasteiger partial charge in [-0.3, -0.25) is 9.59 Å². The molecule has 2 rings (SSSR count).